The van der Waals surface area contributed by atoms with E-state index in [0.717, 1.165) is 0 Å². The molecule has 3 N–H and O–H groups in total. The van der Waals surface area contributed by atoms with Crippen LogP contribution in [0.15, 0.2) is 49.3 Å². The maximum Gasteiger partial charge on any atom is 0.240 e. The Balaban J connectivity index is 3.17. The summed E-state index contributed by atoms with van der Waals surface area (Å²) >= 11 is 0. The van der Waals surface area contributed by atoms with Gasteiger partial charge in [-0.25, -0.2) is 0 Å². The summed E-state index contributed by atoms with van der Waals surface area (Å²) in [5.74, 6) is 0.310. The maximum atomic E-state index is 12.5. The number of rotatable bonds is 7. The number of nitrogens with two attached hydrogens (primary N) is 1. The second kappa shape index (κ2) is 8.72. The molecule has 1 unspecified atom stereocenters. The van der Waals surface area contributed by atoms with E-state index in [9.17, 15) is 9.90 Å². The van der Waals surface area contributed by atoms with Gasteiger partial charge in [0.1, 0.15) is 11.5 Å². The van der Waals surface area contributed by atoms with Gasteiger partial charge in [0.2, 0.25) is 5.91 Å². The largest absolute Gasteiger partial charge is 0.507 e. The van der Waals surface area contributed by atoms with Gasteiger partial charge < -0.3 is 20.5 Å². The molecule has 0 spiro atoms. The zero-order valence-corrected chi connectivity index (χ0v) is 16.4. The molecule has 5 heteroatoms. The van der Waals surface area contributed by atoms with E-state index in [4.69, 9.17) is 10.5 Å². The molecule has 0 aliphatic rings. The van der Waals surface area contributed by atoms with Gasteiger partial charge in [0.05, 0.1) is 13.2 Å². The Morgan fingerprint density at radius 1 is 1.42 bits per heavy atom. The van der Waals surface area contributed by atoms with Crippen LogP contribution in [0.25, 0.3) is 5.57 Å². The molecule has 0 saturated heterocycles. The van der Waals surface area contributed by atoms with E-state index < -0.39 is 6.04 Å². The number of carbonyl (C=O) groups excluding carboxylic acids is 1. The first-order valence-corrected chi connectivity index (χ1v) is 8.42. The number of carbonyl (C=O) groups is 1. The Morgan fingerprint density at radius 2 is 2.04 bits per heavy atom. The molecule has 0 aliphatic carbocycles. The molecule has 0 aromatic heterocycles. The number of nitrogens with zero attached hydrogens (tertiary/aromatic N) is 1. The van der Waals surface area contributed by atoms with Crippen molar-refractivity contribution in [2.24, 2.45) is 11.1 Å². The van der Waals surface area contributed by atoms with Crippen molar-refractivity contribution in [1.29, 1.82) is 0 Å². The lowest BCUT2D eigenvalue weighted by molar-refractivity contribution is -0.134. The highest BCUT2D eigenvalue weighted by Crippen LogP contribution is 2.33. The third kappa shape index (κ3) is 4.99. The lowest BCUT2D eigenvalue weighted by Crippen LogP contribution is -2.48. The molecule has 1 aromatic rings. The van der Waals surface area contributed by atoms with Crippen LogP contribution in [0.3, 0.4) is 0 Å². The first-order chi connectivity index (χ1) is 12.0. The normalized spacial score (nSPS) is 13.1. The molecular formula is C21H30N2O3. The molecule has 0 saturated carbocycles. The number of ether oxygens (including phenoxy) is 1. The number of likely N-dealkylation sites (N-methyl/N-ethyl adjacent to an activating group) is 1. The van der Waals surface area contributed by atoms with E-state index >= 15 is 0 Å². The van der Waals surface area contributed by atoms with Gasteiger partial charge in [0, 0.05) is 30.3 Å². The fraction of sp³-hybridized carbons (Fsp3) is 0.381. The van der Waals surface area contributed by atoms with E-state index in [1.54, 1.807) is 31.3 Å². The summed E-state index contributed by atoms with van der Waals surface area (Å²) in [6.45, 7) is 13.5. The number of methoxy groups -OCH3 is 1. The number of phenols is 1. The highest BCUT2D eigenvalue weighted by Gasteiger charge is 2.30. The third-order valence-corrected chi connectivity index (χ3v) is 4.22. The van der Waals surface area contributed by atoms with Gasteiger partial charge in [0.15, 0.2) is 0 Å². The second-order valence-electron chi connectivity index (χ2n) is 7.29. The van der Waals surface area contributed by atoms with Crippen LogP contribution in [0, 0.1) is 5.41 Å². The Hall–Kier alpha value is -2.53. The molecule has 0 heterocycles. The Kier molecular flexibility index (Phi) is 7.21. The summed E-state index contributed by atoms with van der Waals surface area (Å²) in [6.07, 6.45) is 3.32. The highest BCUT2D eigenvalue weighted by molar-refractivity contribution is 5.83. The van der Waals surface area contributed by atoms with E-state index in [1.807, 2.05) is 26.8 Å². The van der Waals surface area contributed by atoms with Gasteiger partial charge >= 0.3 is 0 Å². The molecule has 1 amide bonds. The van der Waals surface area contributed by atoms with E-state index in [-0.39, 0.29) is 23.6 Å². The third-order valence-electron chi connectivity index (χ3n) is 4.22. The van der Waals surface area contributed by atoms with Gasteiger partial charge in [-0.2, -0.15) is 0 Å². The summed E-state index contributed by atoms with van der Waals surface area (Å²) in [4.78, 5) is 14.1. The van der Waals surface area contributed by atoms with Gasteiger partial charge in [0.25, 0.3) is 0 Å². The molecule has 0 bridgehead atoms. The van der Waals surface area contributed by atoms with Gasteiger partial charge in [-0.15, -0.1) is 0 Å². The van der Waals surface area contributed by atoms with Crippen molar-refractivity contribution >= 4 is 11.5 Å². The molecule has 142 valence electrons. The quantitative estimate of drug-likeness (QED) is 0.578. The van der Waals surface area contributed by atoms with Crippen LogP contribution in [-0.2, 0) is 16.1 Å². The van der Waals surface area contributed by atoms with Crippen molar-refractivity contribution in [2.45, 2.75) is 33.4 Å². The smallest absolute Gasteiger partial charge is 0.240 e. The first-order valence-electron chi connectivity index (χ1n) is 8.42. The van der Waals surface area contributed by atoms with Crippen molar-refractivity contribution < 1.29 is 14.6 Å². The topological polar surface area (TPSA) is 75.8 Å². The maximum absolute atomic E-state index is 12.5. The van der Waals surface area contributed by atoms with E-state index in [1.165, 1.54) is 12.0 Å². The molecule has 1 atom stereocenters. The minimum atomic E-state index is -0.623. The van der Waals surface area contributed by atoms with Gasteiger partial charge in [-0.05, 0) is 5.41 Å². The van der Waals surface area contributed by atoms with E-state index in [0.29, 0.717) is 22.5 Å². The van der Waals surface area contributed by atoms with Crippen LogP contribution in [-0.4, -0.2) is 36.1 Å². The molecular weight excluding hydrogens is 328 g/mol. The van der Waals surface area contributed by atoms with Gasteiger partial charge in [-0.1, -0.05) is 64.3 Å². The monoisotopic (exact) mass is 358 g/mol. The number of aromatic hydroxyl groups is 1. The lowest BCUT2D eigenvalue weighted by Gasteiger charge is -2.30. The van der Waals surface area contributed by atoms with Crippen molar-refractivity contribution in [1.82, 2.24) is 4.90 Å². The molecule has 0 fully saturated rings. The van der Waals surface area contributed by atoms with Crippen molar-refractivity contribution in [3.8, 4) is 5.75 Å². The zero-order valence-electron chi connectivity index (χ0n) is 16.4. The van der Waals surface area contributed by atoms with Crippen molar-refractivity contribution in [3.05, 3.63) is 60.4 Å². The highest BCUT2D eigenvalue weighted by atomic mass is 16.5. The summed E-state index contributed by atoms with van der Waals surface area (Å²) in [5, 5.41) is 10.7. The second-order valence-corrected chi connectivity index (χ2v) is 7.29. The number of allylic oxidation sites excluding steroid dienone is 3. The molecule has 0 radical (unpaired) electrons. The molecule has 5 nitrogen and oxygen atoms in total. The molecule has 1 rings (SSSR count). The number of amides is 1. The van der Waals surface area contributed by atoms with Crippen LogP contribution < -0.4 is 5.73 Å². The molecule has 26 heavy (non-hydrogen) atoms. The summed E-state index contributed by atoms with van der Waals surface area (Å²) in [7, 11) is 3.19. The van der Waals surface area contributed by atoms with Crippen LogP contribution in [0.5, 0.6) is 5.75 Å². The minimum Gasteiger partial charge on any atom is -0.507 e. The summed E-state index contributed by atoms with van der Waals surface area (Å²) in [5.41, 5.74) is 7.52. The lowest BCUT2D eigenvalue weighted by atomic mass is 9.86. The predicted octanol–water partition coefficient (Wildman–Crippen LogP) is 3.45. The number of benzene rings is 1. The first kappa shape index (κ1) is 21.5. The van der Waals surface area contributed by atoms with Crippen LogP contribution >= 0.6 is 0 Å². The Labute approximate surface area is 156 Å². The number of phenolic OH excluding ortho intramolecular Hbond substituents is 1. The van der Waals surface area contributed by atoms with E-state index in [2.05, 4.69) is 13.2 Å². The molecule has 0 aliphatic heterocycles. The van der Waals surface area contributed by atoms with Crippen molar-refractivity contribution in [2.75, 3.05) is 14.2 Å². The van der Waals surface area contributed by atoms with Crippen molar-refractivity contribution in [3.63, 3.8) is 0 Å². The average Bonchev–Trinajstić information content (AvgIpc) is 2.58. The van der Waals surface area contributed by atoms with Crippen LogP contribution in [0.2, 0.25) is 0 Å². The van der Waals surface area contributed by atoms with Gasteiger partial charge in [-0.3, -0.25) is 4.79 Å². The predicted molar refractivity (Wildman–Crippen MR) is 106 cm³/mol. The number of para-hydroxylation sites is 1. The van der Waals surface area contributed by atoms with Crippen LogP contribution in [0.4, 0.5) is 0 Å². The Morgan fingerprint density at radius 3 is 2.54 bits per heavy atom. The zero-order chi connectivity index (χ0) is 20.1. The number of hydrogen-bond donors (Lipinski definition) is 2. The fourth-order valence-corrected chi connectivity index (χ4v) is 2.44. The minimum absolute atomic E-state index is 0.0720. The Bertz CT molecular complexity index is 714. The average molecular weight is 358 g/mol. The fourth-order valence-electron chi connectivity index (χ4n) is 2.44. The van der Waals surface area contributed by atoms with Crippen LogP contribution in [0.1, 0.15) is 31.9 Å². The summed E-state index contributed by atoms with van der Waals surface area (Å²) in [6, 6.07) is 4.72. The number of hydrogen-bond acceptors (Lipinski definition) is 4. The molecule has 1 aromatic carbocycles. The SMILES string of the molecule is C=C/C=C(\C(=C)OC)c1cccc(CN(C)C(=O)C(N)C(C)(C)C)c1O. The summed E-state index contributed by atoms with van der Waals surface area (Å²) < 4.78 is 5.20. The standard InChI is InChI=1S/C21H30N2O3/c1-8-10-16(14(2)26-7)17-12-9-11-15(18(17)24)13-23(6)20(25)19(22)21(3,4)5/h8-12,19,24H,1-2,13,22H2,3-7H3/b16-10+.